The van der Waals surface area contributed by atoms with Crippen molar-refractivity contribution in [3.63, 3.8) is 0 Å². The van der Waals surface area contributed by atoms with Crippen molar-refractivity contribution >= 4 is 38.5 Å². The number of fused-ring (bicyclic) bond motifs is 1. The van der Waals surface area contributed by atoms with Gasteiger partial charge in [0.15, 0.2) is 5.78 Å². The zero-order chi connectivity index (χ0) is 25.7. The summed E-state index contributed by atoms with van der Waals surface area (Å²) in [6.07, 6.45) is 5.33. The fourth-order valence-corrected chi connectivity index (χ4v) is 5.50. The van der Waals surface area contributed by atoms with Gasteiger partial charge in [0.1, 0.15) is 5.82 Å². The van der Waals surface area contributed by atoms with Crippen LogP contribution >= 0.6 is 15.9 Å². The molecule has 1 fully saturated rings. The fourth-order valence-electron chi connectivity index (χ4n) is 5.16. The van der Waals surface area contributed by atoms with Crippen molar-refractivity contribution in [1.82, 2.24) is 10.3 Å². The van der Waals surface area contributed by atoms with Crippen LogP contribution in [-0.2, 0) is 11.2 Å². The lowest BCUT2D eigenvalue weighted by molar-refractivity contribution is 0.0901. The van der Waals surface area contributed by atoms with E-state index in [-0.39, 0.29) is 23.2 Å². The summed E-state index contributed by atoms with van der Waals surface area (Å²) in [7, 11) is 1.61. The number of carbonyl (C=O) groups is 2. The van der Waals surface area contributed by atoms with E-state index in [0.717, 1.165) is 60.7 Å². The van der Waals surface area contributed by atoms with E-state index in [1.807, 2.05) is 25.1 Å². The molecule has 0 radical (unpaired) electrons. The van der Waals surface area contributed by atoms with Crippen LogP contribution in [0.15, 0.2) is 46.9 Å². The van der Waals surface area contributed by atoms with Gasteiger partial charge in [0, 0.05) is 40.7 Å². The van der Waals surface area contributed by atoms with Crippen LogP contribution in [0.3, 0.4) is 0 Å². The molecule has 0 spiro atoms. The van der Waals surface area contributed by atoms with Gasteiger partial charge in [-0.15, -0.1) is 0 Å². The number of aryl methyl sites for hydroxylation is 1. The Morgan fingerprint density at radius 3 is 2.67 bits per heavy atom. The van der Waals surface area contributed by atoms with E-state index in [1.54, 1.807) is 19.2 Å². The molecular weight excluding hydrogens is 523 g/mol. The third kappa shape index (κ3) is 6.19. The number of Topliss-reactive ketones (excluding diaryl/α,β-unsaturated/α-hetero) is 1. The number of ketones is 1. The Bertz CT molecular complexity index is 1260. The van der Waals surface area contributed by atoms with Crippen LogP contribution in [0.4, 0.5) is 4.39 Å². The maximum Gasteiger partial charge on any atom is 0.251 e. The molecule has 1 heterocycles. The number of aromatic nitrogens is 1. The van der Waals surface area contributed by atoms with Gasteiger partial charge in [-0.3, -0.25) is 14.6 Å². The third-order valence-electron chi connectivity index (χ3n) is 7.19. The molecule has 3 aromatic rings. The minimum atomic E-state index is -0.457. The van der Waals surface area contributed by atoms with Gasteiger partial charge in [0.25, 0.3) is 5.91 Å². The smallest absolute Gasteiger partial charge is 0.251 e. The lowest BCUT2D eigenvalue weighted by Crippen LogP contribution is -2.27. The first-order valence-electron chi connectivity index (χ1n) is 12.5. The van der Waals surface area contributed by atoms with Gasteiger partial charge < -0.3 is 10.1 Å². The summed E-state index contributed by atoms with van der Waals surface area (Å²) in [4.78, 5) is 30.4. The number of hydrogen-bond acceptors (Lipinski definition) is 4. The van der Waals surface area contributed by atoms with Crippen LogP contribution < -0.4 is 5.32 Å². The molecule has 1 amide bonds. The second-order valence-corrected chi connectivity index (χ2v) is 10.5. The highest BCUT2D eigenvalue weighted by Crippen LogP contribution is 2.32. The molecule has 190 valence electrons. The van der Waals surface area contributed by atoms with E-state index >= 15 is 0 Å². The molecule has 1 aliphatic rings. The number of hydrogen-bond donors (Lipinski definition) is 1. The predicted octanol–water partition coefficient (Wildman–Crippen LogP) is 6.44. The van der Waals surface area contributed by atoms with Gasteiger partial charge in [-0.1, -0.05) is 34.8 Å². The molecule has 0 bridgehead atoms. The fraction of sp³-hybridized carbons (Fsp3) is 0.414. The first-order valence-corrected chi connectivity index (χ1v) is 13.3. The van der Waals surface area contributed by atoms with Gasteiger partial charge in [0.05, 0.1) is 17.7 Å². The highest BCUT2D eigenvalue weighted by atomic mass is 79.9. The van der Waals surface area contributed by atoms with Crippen molar-refractivity contribution in [2.75, 3.05) is 20.3 Å². The second-order valence-electron chi connectivity index (χ2n) is 9.62. The van der Waals surface area contributed by atoms with Crippen LogP contribution in [-0.4, -0.2) is 36.9 Å². The Kier molecular flexibility index (Phi) is 8.86. The monoisotopic (exact) mass is 554 g/mol. The molecule has 5 nitrogen and oxygen atoms in total. The SMILES string of the molecule is COCCNC(=O)c1ccc2nc(CC3CCCC(C(=O)c4ccc(Br)cc4F)CC3)ccc2c1C. The predicted molar refractivity (Wildman–Crippen MR) is 143 cm³/mol. The van der Waals surface area contributed by atoms with Crippen LogP contribution in [0.1, 0.15) is 64.1 Å². The van der Waals surface area contributed by atoms with Crippen LogP contribution in [0.25, 0.3) is 10.9 Å². The molecule has 1 N–H and O–H groups in total. The van der Waals surface area contributed by atoms with Gasteiger partial charge in [0.2, 0.25) is 0 Å². The quantitative estimate of drug-likeness (QED) is 0.197. The zero-order valence-electron chi connectivity index (χ0n) is 20.8. The summed E-state index contributed by atoms with van der Waals surface area (Å²) in [5.74, 6) is -0.342. The molecular formula is C29H32BrFN2O3. The van der Waals surface area contributed by atoms with Gasteiger partial charge in [-0.05, 0) is 80.5 Å². The number of rotatable bonds is 8. The maximum absolute atomic E-state index is 14.3. The number of carbonyl (C=O) groups excluding carboxylic acids is 2. The van der Waals surface area contributed by atoms with Crippen molar-refractivity contribution in [3.05, 3.63) is 75.1 Å². The van der Waals surface area contributed by atoms with Gasteiger partial charge in [-0.2, -0.15) is 0 Å². The number of nitrogens with one attached hydrogen (secondary N) is 1. The number of ether oxygens (including phenoxy) is 1. The molecule has 36 heavy (non-hydrogen) atoms. The summed E-state index contributed by atoms with van der Waals surface area (Å²) in [6.45, 7) is 2.89. The molecule has 2 atom stereocenters. The molecule has 1 saturated carbocycles. The van der Waals surface area contributed by atoms with E-state index in [9.17, 15) is 14.0 Å². The van der Waals surface area contributed by atoms with E-state index in [1.165, 1.54) is 6.07 Å². The van der Waals surface area contributed by atoms with Crippen molar-refractivity contribution in [3.8, 4) is 0 Å². The minimum Gasteiger partial charge on any atom is -0.383 e. The Morgan fingerprint density at radius 1 is 1.08 bits per heavy atom. The summed E-state index contributed by atoms with van der Waals surface area (Å²) < 4.78 is 20.0. The molecule has 2 unspecified atom stereocenters. The van der Waals surface area contributed by atoms with E-state index < -0.39 is 5.82 Å². The topological polar surface area (TPSA) is 68.3 Å². The summed E-state index contributed by atoms with van der Waals surface area (Å²) in [6, 6.07) is 12.5. The summed E-state index contributed by atoms with van der Waals surface area (Å²) in [5.41, 5.74) is 3.66. The van der Waals surface area contributed by atoms with Crippen molar-refractivity contribution < 1.29 is 18.7 Å². The number of amides is 1. The average Bonchev–Trinajstić information content (AvgIpc) is 3.09. The number of nitrogens with zero attached hydrogens (tertiary/aromatic N) is 1. The van der Waals surface area contributed by atoms with Crippen molar-refractivity contribution in [2.45, 2.75) is 45.4 Å². The van der Waals surface area contributed by atoms with Gasteiger partial charge in [-0.25, -0.2) is 4.39 Å². The number of pyridine rings is 1. The highest BCUT2D eigenvalue weighted by molar-refractivity contribution is 9.10. The van der Waals surface area contributed by atoms with Crippen LogP contribution in [0.2, 0.25) is 0 Å². The van der Waals surface area contributed by atoms with Crippen molar-refractivity contribution in [1.29, 1.82) is 0 Å². The normalized spacial score (nSPS) is 18.1. The zero-order valence-corrected chi connectivity index (χ0v) is 22.4. The molecule has 4 rings (SSSR count). The minimum absolute atomic E-state index is 0.0815. The Labute approximate surface area is 220 Å². The van der Waals surface area contributed by atoms with E-state index in [4.69, 9.17) is 9.72 Å². The van der Waals surface area contributed by atoms with E-state index in [0.29, 0.717) is 29.1 Å². The average molecular weight is 555 g/mol. The van der Waals surface area contributed by atoms with Crippen LogP contribution in [0.5, 0.6) is 0 Å². The Balaban J connectivity index is 1.41. The first kappa shape index (κ1) is 26.4. The van der Waals surface area contributed by atoms with Crippen LogP contribution in [0, 0.1) is 24.6 Å². The number of methoxy groups -OCH3 is 1. The lowest BCUT2D eigenvalue weighted by Gasteiger charge is -2.16. The van der Waals surface area contributed by atoms with Crippen molar-refractivity contribution in [2.24, 2.45) is 11.8 Å². The lowest BCUT2D eigenvalue weighted by atomic mass is 9.89. The number of benzene rings is 2. The van der Waals surface area contributed by atoms with E-state index in [2.05, 4.69) is 27.3 Å². The molecule has 0 saturated heterocycles. The van der Waals surface area contributed by atoms with Gasteiger partial charge >= 0.3 is 0 Å². The first-order chi connectivity index (χ1) is 17.4. The third-order valence-corrected chi connectivity index (χ3v) is 7.68. The largest absolute Gasteiger partial charge is 0.383 e. The standard InChI is InChI=1S/C29H32BrFN2O3/c1-18-23-11-9-22(33-27(23)13-12-24(18)29(35)32-14-15-36-2)16-19-4-3-5-20(7-6-19)28(34)25-10-8-21(30)17-26(25)31/h8-13,17,19-20H,3-7,14-16H2,1-2H3,(H,32,35). The molecule has 2 aromatic carbocycles. The summed E-state index contributed by atoms with van der Waals surface area (Å²) in [5, 5.41) is 3.85. The molecule has 0 aliphatic heterocycles. The Hall–Kier alpha value is -2.64. The highest BCUT2D eigenvalue weighted by Gasteiger charge is 2.27. The summed E-state index contributed by atoms with van der Waals surface area (Å²) >= 11 is 3.25. The molecule has 1 aliphatic carbocycles. The molecule has 7 heteroatoms. The second kappa shape index (κ2) is 12.1. The molecule has 1 aromatic heterocycles. The number of halogens is 2. The Morgan fingerprint density at radius 2 is 1.89 bits per heavy atom. The maximum atomic E-state index is 14.3.